The number of ether oxygens (including phenoxy) is 2. The molecule has 0 spiro atoms. The number of aromatic amines is 1. The molecule has 4 heterocycles. The van der Waals surface area contributed by atoms with Crippen LogP contribution in [0.3, 0.4) is 0 Å². The second-order valence-corrected chi connectivity index (χ2v) is 4.26. The van der Waals surface area contributed by atoms with Crippen molar-refractivity contribution in [3.8, 4) is 0 Å². The van der Waals surface area contributed by atoms with Crippen LogP contribution in [0.1, 0.15) is 17.7 Å². The van der Waals surface area contributed by atoms with Crippen LogP contribution < -0.4 is 0 Å². The van der Waals surface area contributed by atoms with Crippen molar-refractivity contribution in [2.45, 2.75) is 13.2 Å². The molecule has 0 aliphatic carbocycles. The first-order chi connectivity index (χ1) is 8.31. The summed E-state index contributed by atoms with van der Waals surface area (Å²) in [5, 5.41) is 1.09. The summed E-state index contributed by atoms with van der Waals surface area (Å²) in [6, 6.07) is 4.08. The van der Waals surface area contributed by atoms with Gasteiger partial charge in [-0.25, -0.2) is 4.98 Å². The zero-order valence-electron chi connectivity index (χ0n) is 9.30. The van der Waals surface area contributed by atoms with Gasteiger partial charge in [-0.05, 0) is 19.1 Å². The van der Waals surface area contributed by atoms with Crippen molar-refractivity contribution in [2.24, 2.45) is 0 Å². The number of aromatic nitrogens is 3. The fourth-order valence-corrected chi connectivity index (χ4v) is 2.24. The summed E-state index contributed by atoms with van der Waals surface area (Å²) in [7, 11) is 0. The van der Waals surface area contributed by atoms with Gasteiger partial charge in [-0.1, -0.05) is 0 Å². The number of hydrogen-bond donors (Lipinski definition) is 1. The molecule has 17 heavy (non-hydrogen) atoms. The molecule has 3 aromatic rings. The van der Waals surface area contributed by atoms with Crippen molar-refractivity contribution in [3.05, 3.63) is 35.9 Å². The van der Waals surface area contributed by atoms with Gasteiger partial charge in [0.1, 0.15) is 5.65 Å². The van der Waals surface area contributed by atoms with E-state index in [0.29, 0.717) is 6.79 Å². The molecule has 1 aliphatic rings. The molecule has 0 unspecified atom stereocenters. The van der Waals surface area contributed by atoms with E-state index < -0.39 is 0 Å². The van der Waals surface area contributed by atoms with Gasteiger partial charge in [-0.15, -0.1) is 0 Å². The third kappa shape index (κ3) is 1.23. The van der Waals surface area contributed by atoms with Gasteiger partial charge in [-0.2, -0.15) is 0 Å². The number of pyridine rings is 1. The Labute approximate surface area is 97.0 Å². The van der Waals surface area contributed by atoms with Crippen molar-refractivity contribution < 1.29 is 9.47 Å². The first-order valence-corrected chi connectivity index (χ1v) is 5.51. The van der Waals surface area contributed by atoms with Crippen LogP contribution in [0, 0.1) is 6.92 Å². The van der Waals surface area contributed by atoms with E-state index in [4.69, 9.17) is 9.47 Å². The Morgan fingerprint density at radius 1 is 1.47 bits per heavy atom. The standard InChI is InChI=1S/C12H11N3O2/c1-7-5-15-3-2-9-8(11(15)13-7)4-10(14-9)12-16-6-17-12/h2-5,12,14H,6H2,1H3. The predicted octanol–water partition coefficient (Wildman–Crippen LogP) is 2.13. The van der Waals surface area contributed by atoms with Crippen LogP contribution >= 0.6 is 0 Å². The Morgan fingerprint density at radius 3 is 3.12 bits per heavy atom. The molecule has 0 saturated carbocycles. The maximum atomic E-state index is 5.28. The van der Waals surface area contributed by atoms with E-state index in [2.05, 4.69) is 9.97 Å². The van der Waals surface area contributed by atoms with Crippen molar-refractivity contribution >= 4 is 16.6 Å². The fraction of sp³-hybridized carbons (Fsp3) is 0.250. The molecule has 4 rings (SSSR count). The van der Waals surface area contributed by atoms with Crippen LogP contribution in [0.5, 0.6) is 0 Å². The Balaban J connectivity index is 2.00. The highest BCUT2D eigenvalue weighted by Gasteiger charge is 2.23. The number of imidazole rings is 1. The van der Waals surface area contributed by atoms with Crippen molar-refractivity contribution in [1.29, 1.82) is 0 Å². The number of hydrogen-bond acceptors (Lipinski definition) is 3. The molecule has 3 aromatic heterocycles. The molecule has 1 fully saturated rings. The highest BCUT2D eigenvalue weighted by Crippen LogP contribution is 2.29. The van der Waals surface area contributed by atoms with Gasteiger partial charge in [0.25, 0.3) is 0 Å². The highest BCUT2D eigenvalue weighted by molar-refractivity contribution is 5.92. The molecule has 0 bridgehead atoms. The SMILES string of the molecule is Cc1cn2ccc3[nH]c(C4OCO4)cc3c2n1. The molecule has 5 nitrogen and oxygen atoms in total. The quantitative estimate of drug-likeness (QED) is 0.695. The van der Waals surface area contributed by atoms with Gasteiger partial charge in [0.2, 0.25) is 6.29 Å². The minimum atomic E-state index is -0.251. The molecule has 0 radical (unpaired) electrons. The van der Waals surface area contributed by atoms with Crippen LogP contribution in [0.15, 0.2) is 24.5 Å². The van der Waals surface area contributed by atoms with Crippen LogP contribution in [-0.4, -0.2) is 21.2 Å². The van der Waals surface area contributed by atoms with Gasteiger partial charge in [0, 0.05) is 17.8 Å². The molecule has 5 heteroatoms. The summed E-state index contributed by atoms with van der Waals surface area (Å²) in [5.41, 5.74) is 3.97. The van der Waals surface area contributed by atoms with Crippen molar-refractivity contribution in [2.75, 3.05) is 6.79 Å². The maximum absolute atomic E-state index is 5.28. The van der Waals surface area contributed by atoms with Gasteiger partial charge < -0.3 is 18.9 Å². The number of fused-ring (bicyclic) bond motifs is 3. The first kappa shape index (κ1) is 9.21. The molecular formula is C12H11N3O2. The lowest BCUT2D eigenvalue weighted by molar-refractivity contribution is -0.328. The van der Waals surface area contributed by atoms with Crippen LogP contribution in [0.25, 0.3) is 16.6 Å². The normalized spacial score (nSPS) is 16.8. The second-order valence-electron chi connectivity index (χ2n) is 4.26. The minimum Gasteiger partial charge on any atom is -0.354 e. The first-order valence-electron chi connectivity index (χ1n) is 5.51. The number of H-pyrrole nitrogens is 1. The van der Waals surface area contributed by atoms with E-state index in [1.165, 1.54) is 0 Å². The lowest BCUT2D eigenvalue weighted by atomic mass is 10.3. The average molecular weight is 229 g/mol. The highest BCUT2D eigenvalue weighted by atomic mass is 16.8. The Kier molecular flexibility index (Phi) is 1.67. The van der Waals surface area contributed by atoms with Gasteiger partial charge in [-0.3, -0.25) is 0 Å². The monoisotopic (exact) mass is 229 g/mol. The minimum absolute atomic E-state index is 0.251. The lowest BCUT2D eigenvalue weighted by Gasteiger charge is -2.25. The molecule has 1 N–H and O–H groups in total. The molecular weight excluding hydrogens is 218 g/mol. The zero-order valence-corrected chi connectivity index (χ0v) is 9.30. The number of aryl methyl sites for hydroxylation is 1. The van der Waals surface area contributed by atoms with E-state index >= 15 is 0 Å². The van der Waals surface area contributed by atoms with E-state index in [0.717, 1.165) is 27.9 Å². The maximum Gasteiger partial charge on any atom is 0.203 e. The second kappa shape index (κ2) is 3.09. The Bertz CT molecular complexity index is 709. The summed E-state index contributed by atoms with van der Waals surface area (Å²) >= 11 is 0. The Hall–Kier alpha value is -1.85. The molecule has 0 aromatic carbocycles. The van der Waals surface area contributed by atoms with Crippen molar-refractivity contribution in [1.82, 2.24) is 14.4 Å². The summed E-state index contributed by atoms with van der Waals surface area (Å²) in [4.78, 5) is 7.81. The van der Waals surface area contributed by atoms with E-state index in [1.807, 2.05) is 35.9 Å². The molecule has 86 valence electrons. The predicted molar refractivity (Wildman–Crippen MR) is 61.6 cm³/mol. The van der Waals surface area contributed by atoms with Crippen LogP contribution in [-0.2, 0) is 9.47 Å². The molecule has 1 saturated heterocycles. The van der Waals surface area contributed by atoms with Crippen LogP contribution in [0.2, 0.25) is 0 Å². The third-order valence-corrected chi connectivity index (χ3v) is 3.06. The summed E-state index contributed by atoms with van der Waals surface area (Å²) in [6.07, 6.45) is 3.76. The fourth-order valence-electron chi connectivity index (χ4n) is 2.24. The molecule has 0 amide bonds. The van der Waals surface area contributed by atoms with E-state index in [1.54, 1.807) is 0 Å². The smallest absolute Gasteiger partial charge is 0.203 e. The number of rotatable bonds is 1. The topological polar surface area (TPSA) is 51.5 Å². The van der Waals surface area contributed by atoms with Crippen molar-refractivity contribution in [3.63, 3.8) is 0 Å². The van der Waals surface area contributed by atoms with Gasteiger partial charge in [0.05, 0.1) is 16.9 Å². The number of nitrogens with zero attached hydrogens (tertiary/aromatic N) is 2. The summed E-state index contributed by atoms with van der Waals surface area (Å²) in [6.45, 7) is 2.36. The zero-order chi connectivity index (χ0) is 11.4. The lowest BCUT2D eigenvalue weighted by Crippen LogP contribution is -2.22. The van der Waals surface area contributed by atoms with E-state index in [9.17, 15) is 0 Å². The largest absolute Gasteiger partial charge is 0.354 e. The summed E-state index contributed by atoms with van der Waals surface area (Å²) < 4.78 is 12.6. The van der Waals surface area contributed by atoms with E-state index in [-0.39, 0.29) is 6.29 Å². The Morgan fingerprint density at radius 2 is 2.35 bits per heavy atom. The van der Waals surface area contributed by atoms with Gasteiger partial charge in [0.15, 0.2) is 6.79 Å². The number of nitrogens with one attached hydrogen (secondary N) is 1. The summed E-state index contributed by atoms with van der Waals surface area (Å²) in [5.74, 6) is 0. The third-order valence-electron chi connectivity index (χ3n) is 3.06. The molecule has 1 aliphatic heterocycles. The van der Waals surface area contributed by atoms with Gasteiger partial charge >= 0.3 is 0 Å². The average Bonchev–Trinajstić information content (AvgIpc) is 2.76. The molecule has 0 atom stereocenters. The van der Waals surface area contributed by atoms with Crippen LogP contribution in [0.4, 0.5) is 0 Å².